The average Bonchev–Trinajstić information content (AvgIpc) is 2.88. The molecular formula is C13H17N5O. The van der Waals surface area contributed by atoms with Crippen LogP contribution in [-0.4, -0.2) is 33.2 Å². The van der Waals surface area contributed by atoms with Crippen LogP contribution in [0.15, 0.2) is 16.8 Å². The predicted octanol–water partition coefficient (Wildman–Crippen LogP) is 1.38. The fourth-order valence-electron chi connectivity index (χ4n) is 2.36. The highest BCUT2D eigenvalue weighted by atomic mass is 16.5. The summed E-state index contributed by atoms with van der Waals surface area (Å²) in [6.45, 7) is 4.01. The average molecular weight is 259 g/mol. The lowest BCUT2D eigenvalue weighted by molar-refractivity contribution is 0.313. The van der Waals surface area contributed by atoms with Gasteiger partial charge in [-0.3, -0.25) is 0 Å². The van der Waals surface area contributed by atoms with Crippen molar-refractivity contribution in [2.75, 3.05) is 13.1 Å². The van der Waals surface area contributed by atoms with Crippen LogP contribution in [0.1, 0.15) is 24.6 Å². The smallest absolute Gasteiger partial charge is 0.227 e. The molecule has 0 aromatic carbocycles. The Labute approximate surface area is 111 Å². The summed E-state index contributed by atoms with van der Waals surface area (Å²) in [6.07, 6.45) is 4.91. The Morgan fingerprint density at radius 1 is 1.32 bits per heavy atom. The van der Waals surface area contributed by atoms with Crippen molar-refractivity contribution >= 4 is 0 Å². The van der Waals surface area contributed by atoms with E-state index >= 15 is 0 Å². The van der Waals surface area contributed by atoms with Gasteiger partial charge in [0.2, 0.25) is 11.7 Å². The highest BCUT2D eigenvalue weighted by Crippen LogP contribution is 2.19. The number of nitrogens with zero attached hydrogens (tertiary/aromatic N) is 4. The minimum atomic E-state index is 0.550. The zero-order valence-corrected chi connectivity index (χ0v) is 11.0. The fraction of sp³-hybridized carbons (Fsp3) is 0.538. The molecule has 1 N–H and O–H groups in total. The van der Waals surface area contributed by atoms with E-state index in [0.717, 1.165) is 19.5 Å². The third kappa shape index (κ3) is 2.96. The third-order valence-electron chi connectivity index (χ3n) is 3.40. The van der Waals surface area contributed by atoms with Crippen molar-refractivity contribution in [3.8, 4) is 11.5 Å². The van der Waals surface area contributed by atoms with Gasteiger partial charge in [-0.1, -0.05) is 5.16 Å². The Morgan fingerprint density at radius 2 is 2.16 bits per heavy atom. The Balaban J connectivity index is 1.72. The molecule has 100 valence electrons. The number of aromatic nitrogens is 4. The maximum absolute atomic E-state index is 5.32. The minimum Gasteiger partial charge on any atom is -0.339 e. The van der Waals surface area contributed by atoms with Crippen molar-refractivity contribution in [2.45, 2.75) is 26.2 Å². The van der Waals surface area contributed by atoms with E-state index in [2.05, 4.69) is 25.4 Å². The molecule has 0 unspecified atom stereocenters. The summed E-state index contributed by atoms with van der Waals surface area (Å²) < 4.78 is 5.32. The number of piperidine rings is 1. The van der Waals surface area contributed by atoms with Crippen LogP contribution >= 0.6 is 0 Å². The van der Waals surface area contributed by atoms with Gasteiger partial charge < -0.3 is 9.84 Å². The van der Waals surface area contributed by atoms with Crippen LogP contribution in [0.5, 0.6) is 0 Å². The lowest BCUT2D eigenvalue weighted by Gasteiger charge is -2.20. The second kappa shape index (κ2) is 5.44. The number of hydrogen-bond donors (Lipinski definition) is 1. The standard InChI is InChI=1S/C13H17N5O/c1-9-15-7-4-11(16-9)13-17-12(19-18-13)8-10-2-5-14-6-3-10/h4,7,10,14H,2-3,5-6,8H2,1H3. The van der Waals surface area contributed by atoms with Gasteiger partial charge in [-0.05, 0) is 44.8 Å². The second-order valence-corrected chi connectivity index (χ2v) is 4.90. The maximum atomic E-state index is 5.32. The molecule has 2 aromatic heterocycles. The number of rotatable bonds is 3. The maximum Gasteiger partial charge on any atom is 0.227 e. The highest BCUT2D eigenvalue weighted by molar-refractivity contribution is 5.46. The quantitative estimate of drug-likeness (QED) is 0.897. The van der Waals surface area contributed by atoms with Crippen LogP contribution in [0.25, 0.3) is 11.5 Å². The normalized spacial score (nSPS) is 16.7. The number of nitrogens with one attached hydrogen (secondary N) is 1. The molecule has 0 bridgehead atoms. The van der Waals surface area contributed by atoms with E-state index in [1.165, 1.54) is 12.8 Å². The molecule has 6 nitrogen and oxygen atoms in total. The van der Waals surface area contributed by atoms with Crippen molar-refractivity contribution in [1.82, 2.24) is 25.4 Å². The first-order valence-electron chi connectivity index (χ1n) is 6.64. The fourth-order valence-corrected chi connectivity index (χ4v) is 2.36. The van der Waals surface area contributed by atoms with Crippen molar-refractivity contribution < 1.29 is 4.52 Å². The first kappa shape index (κ1) is 12.2. The van der Waals surface area contributed by atoms with Gasteiger partial charge in [0, 0.05) is 12.6 Å². The van der Waals surface area contributed by atoms with Crippen molar-refractivity contribution in [2.24, 2.45) is 5.92 Å². The largest absolute Gasteiger partial charge is 0.339 e. The number of hydrogen-bond acceptors (Lipinski definition) is 6. The molecule has 0 saturated carbocycles. The first-order valence-corrected chi connectivity index (χ1v) is 6.64. The molecule has 1 aliphatic rings. The Kier molecular flexibility index (Phi) is 3.50. The third-order valence-corrected chi connectivity index (χ3v) is 3.40. The lowest BCUT2D eigenvalue weighted by atomic mass is 9.95. The van der Waals surface area contributed by atoms with Crippen LogP contribution in [0.3, 0.4) is 0 Å². The number of aryl methyl sites for hydroxylation is 1. The van der Waals surface area contributed by atoms with Gasteiger partial charge in [-0.25, -0.2) is 9.97 Å². The molecule has 3 heterocycles. The minimum absolute atomic E-state index is 0.550. The van der Waals surface area contributed by atoms with Gasteiger partial charge in [0.05, 0.1) is 0 Å². The molecule has 0 radical (unpaired) electrons. The van der Waals surface area contributed by atoms with Gasteiger partial charge >= 0.3 is 0 Å². The van der Waals surface area contributed by atoms with Crippen LogP contribution in [0, 0.1) is 12.8 Å². The van der Waals surface area contributed by atoms with E-state index in [0.29, 0.717) is 29.2 Å². The molecule has 0 atom stereocenters. The van der Waals surface area contributed by atoms with E-state index < -0.39 is 0 Å². The summed E-state index contributed by atoms with van der Waals surface area (Å²) in [5, 5.41) is 7.36. The molecule has 0 spiro atoms. The van der Waals surface area contributed by atoms with Crippen molar-refractivity contribution in [1.29, 1.82) is 0 Å². The Hall–Kier alpha value is -1.82. The van der Waals surface area contributed by atoms with Gasteiger partial charge in [0.15, 0.2) is 0 Å². The zero-order chi connectivity index (χ0) is 13.1. The molecule has 1 aliphatic heterocycles. The molecule has 1 saturated heterocycles. The van der Waals surface area contributed by atoms with E-state index in [1.807, 2.05) is 6.92 Å². The molecule has 6 heteroatoms. The van der Waals surface area contributed by atoms with Gasteiger partial charge in [-0.15, -0.1) is 0 Å². The van der Waals surface area contributed by atoms with E-state index in [-0.39, 0.29) is 0 Å². The molecule has 2 aromatic rings. The summed E-state index contributed by atoms with van der Waals surface area (Å²) in [5.74, 6) is 2.61. The summed E-state index contributed by atoms with van der Waals surface area (Å²) in [6, 6.07) is 1.80. The monoisotopic (exact) mass is 259 g/mol. The second-order valence-electron chi connectivity index (χ2n) is 4.90. The molecule has 19 heavy (non-hydrogen) atoms. The Morgan fingerprint density at radius 3 is 2.95 bits per heavy atom. The van der Waals surface area contributed by atoms with E-state index in [9.17, 15) is 0 Å². The van der Waals surface area contributed by atoms with Crippen LogP contribution in [0.2, 0.25) is 0 Å². The molecular weight excluding hydrogens is 242 g/mol. The Bertz CT molecular complexity index is 547. The summed E-state index contributed by atoms with van der Waals surface area (Å²) in [7, 11) is 0. The van der Waals surface area contributed by atoms with Crippen LogP contribution in [0.4, 0.5) is 0 Å². The van der Waals surface area contributed by atoms with Gasteiger partial charge in [0.25, 0.3) is 0 Å². The van der Waals surface area contributed by atoms with Gasteiger partial charge in [0.1, 0.15) is 11.5 Å². The van der Waals surface area contributed by atoms with Gasteiger partial charge in [-0.2, -0.15) is 4.98 Å². The topological polar surface area (TPSA) is 76.7 Å². The first-order chi connectivity index (χ1) is 9.31. The predicted molar refractivity (Wildman–Crippen MR) is 69.4 cm³/mol. The van der Waals surface area contributed by atoms with Crippen LogP contribution < -0.4 is 5.32 Å². The summed E-state index contributed by atoms with van der Waals surface area (Å²) in [5.41, 5.74) is 0.716. The zero-order valence-electron chi connectivity index (χ0n) is 11.0. The van der Waals surface area contributed by atoms with Crippen LogP contribution in [-0.2, 0) is 6.42 Å². The highest BCUT2D eigenvalue weighted by Gasteiger charge is 2.18. The molecule has 3 rings (SSSR count). The molecule has 0 amide bonds. The summed E-state index contributed by atoms with van der Waals surface area (Å²) >= 11 is 0. The molecule has 0 aliphatic carbocycles. The van der Waals surface area contributed by atoms with E-state index in [4.69, 9.17) is 4.52 Å². The van der Waals surface area contributed by atoms with Crippen molar-refractivity contribution in [3.05, 3.63) is 24.0 Å². The van der Waals surface area contributed by atoms with Crippen molar-refractivity contribution in [3.63, 3.8) is 0 Å². The van der Waals surface area contributed by atoms with E-state index in [1.54, 1.807) is 12.3 Å². The molecule has 1 fully saturated rings. The summed E-state index contributed by atoms with van der Waals surface area (Å²) in [4.78, 5) is 12.8. The lowest BCUT2D eigenvalue weighted by Crippen LogP contribution is -2.28. The SMILES string of the molecule is Cc1nccc(-c2noc(CC3CCNCC3)n2)n1.